The fraction of sp³-hybridized carbons (Fsp3) is 0.737. The molecule has 0 saturated carbocycles. The fourth-order valence-electron chi connectivity index (χ4n) is 3.24. The van der Waals surface area contributed by atoms with Crippen LogP contribution in [0.25, 0.3) is 0 Å². The molecule has 1 aliphatic rings. The van der Waals surface area contributed by atoms with Gasteiger partial charge in [-0.25, -0.2) is 0 Å². The molecule has 0 bridgehead atoms. The number of hydrogen-bond acceptors (Lipinski definition) is 3. The van der Waals surface area contributed by atoms with Crippen molar-refractivity contribution in [1.82, 2.24) is 15.1 Å². The molecule has 1 unspecified atom stereocenters. The van der Waals surface area contributed by atoms with Crippen molar-refractivity contribution in [3.05, 3.63) is 22.4 Å². The van der Waals surface area contributed by atoms with E-state index in [-0.39, 0.29) is 24.0 Å². The van der Waals surface area contributed by atoms with Crippen molar-refractivity contribution >= 4 is 41.3 Å². The van der Waals surface area contributed by atoms with E-state index in [2.05, 4.69) is 60.4 Å². The predicted octanol–water partition coefficient (Wildman–Crippen LogP) is 3.93. The van der Waals surface area contributed by atoms with Gasteiger partial charge < -0.3 is 15.1 Å². The minimum Gasteiger partial charge on any atom is -0.357 e. The monoisotopic (exact) mass is 478 g/mol. The number of nitrogens with one attached hydrogen (secondary N) is 1. The Morgan fingerprint density at radius 1 is 1.48 bits per heavy atom. The third kappa shape index (κ3) is 7.83. The maximum atomic E-state index is 4.94. The third-order valence-electron chi connectivity index (χ3n) is 4.75. The molecule has 1 atom stereocenters. The van der Waals surface area contributed by atoms with Crippen LogP contribution in [-0.2, 0) is 6.42 Å². The molecular weight excluding hydrogens is 443 g/mol. The van der Waals surface area contributed by atoms with Crippen LogP contribution in [0.2, 0.25) is 0 Å². The van der Waals surface area contributed by atoms with E-state index >= 15 is 0 Å². The molecule has 0 radical (unpaired) electrons. The van der Waals surface area contributed by atoms with Gasteiger partial charge in [0.25, 0.3) is 0 Å². The van der Waals surface area contributed by atoms with E-state index in [9.17, 15) is 0 Å². The summed E-state index contributed by atoms with van der Waals surface area (Å²) >= 11 is 1.84. The van der Waals surface area contributed by atoms with Crippen LogP contribution < -0.4 is 5.32 Å². The quantitative estimate of drug-likeness (QED) is 0.366. The second-order valence-electron chi connectivity index (χ2n) is 7.04. The van der Waals surface area contributed by atoms with Gasteiger partial charge in [0.15, 0.2) is 5.96 Å². The topological polar surface area (TPSA) is 30.9 Å². The van der Waals surface area contributed by atoms with Gasteiger partial charge in [-0.3, -0.25) is 4.99 Å². The summed E-state index contributed by atoms with van der Waals surface area (Å²) in [4.78, 5) is 11.2. The lowest BCUT2D eigenvalue weighted by molar-refractivity contribution is 0.143. The van der Waals surface area contributed by atoms with Crippen LogP contribution in [0, 0.1) is 5.92 Å². The Balaban J connectivity index is 0.00000312. The van der Waals surface area contributed by atoms with Gasteiger partial charge in [0.2, 0.25) is 0 Å². The molecule has 0 amide bonds. The molecule has 0 aromatic carbocycles. The largest absolute Gasteiger partial charge is 0.357 e. The van der Waals surface area contributed by atoms with Gasteiger partial charge in [-0.15, -0.1) is 35.3 Å². The summed E-state index contributed by atoms with van der Waals surface area (Å²) < 4.78 is 0. The number of likely N-dealkylation sites (N-methyl/N-ethyl adjacent to an activating group) is 1. The standard InChI is InChI=1S/C19H34N4S.HI/c1-5-20-19(22(4)12-10-18-9-7-13-24-18)21-14-17-8-6-11-23(15-17)16(2)3;/h7,9,13,16-17H,5-6,8,10-12,14-15H2,1-4H3,(H,20,21);1H. The van der Waals surface area contributed by atoms with Gasteiger partial charge in [-0.05, 0) is 63.9 Å². The van der Waals surface area contributed by atoms with Crippen molar-refractivity contribution in [3.63, 3.8) is 0 Å². The van der Waals surface area contributed by atoms with E-state index in [1.54, 1.807) is 0 Å². The minimum absolute atomic E-state index is 0. The number of aliphatic imine (C=N–C) groups is 1. The molecule has 1 aromatic heterocycles. The van der Waals surface area contributed by atoms with Gasteiger partial charge in [0.1, 0.15) is 0 Å². The lowest BCUT2D eigenvalue weighted by Crippen LogP contribution is -2.42. The van der Waals surface area contributed by atoms with E-state index in [1.807, 2.05) is 11.3 Å². The van der Waals surface area contributed by atoms with Gasteiger partial charge >= 0.3 is 0 Å². The minimum atomic E-state index is 0. The summed E-state index contributed by atoms with van der Waals surface area (Å²) in [6.07, 6.45) is 3.71. The number of thiophene rings is 1. The first-order chi connectivity index (χ1) is 11.6. The van der Waals surface area contributed by atoms with Crippen LogP contribution in [0.15, 0.2) is 22.5 Å². The summed E-state index contributed by atoms with van der Waals surface area (Å²) in [7, 11) is 2.15. The van der Waals surface area contributed by atoms with Crippen molar-refractivity contribution in [1.29, 1.82) is 0 Å². The molecule has 0 spiro atoms. The molecule has 25 heavy (non-hydrogen) atoms. The number of nitrogens with zero attached hydrogens (tertiary/aromatic N) is 3. The number of likely N-dealkylation sites (tertiary alicyclic amines) is 1. The van der Waals surface area contributed by atoms with Gasteiger partial charge in [-0.2, -0.15) is 0 Å². The Morgan fingerprint density at radius 3 is 2.92 bits per heavy atom. The Kier molecular flexibility index (Phi) is 11.0. The highest BCUT2D eigenvalue weighted by molar-refractivity contribution is 14.0. The van der Waals surface area contributed by atoms with Crippen LogP contribution in [0.4, 0.5) is 0 Å². The summed E-state index contributed by atoms with van der Waals surface area (Å²) in [5.41, 5.74) is 0. The SMILES string of the molecule is CCNC(=NCC1CCCN(C(C)C)C1)N(C)CCc1cccs1.I. The summed E-state index contributed by atoms with van der Waals surface area (Å²) in [5.74, 6) is 1.75. The molecule has 4 nitrogen and oxygen atoms in total. The van der Waals surface area contributed by atoms with Gasteiger partial charge in [-0.1, -0.05) is 6.07 Å². The van der Waals surface area contributed by atoms with Crippen molar-refractivity contribution in [3.8, 4) is 0 Å². The van der Waals surface area contributed by atoms with E-state index in [0.717, 1.165) is 32.0 Å². The average Bonchev–Trinajstić information content (AvgIpc) is 3.10. The van der Waals surface area contributed by atoms with E-state index < -0.39 is 0 Å². The second-order valence-corrected chi connectivity index (χ2v) is 8.07. The molecule has 1 aromatic rings. The summed E-state index contributed by atoms with van der Waals surface area (Å²) in [6.45, 7) is 12.1. The molecule has 1 fully saturated rings. The number of halogens is 1. The van der Waals surface area contributed by atoms with Crippen molar-refractivity contribution < 1.29 is 0 Å². The van der Waals surface area contributed by atoms with E-state index in [0.29, 0.717) is 12.0 Å². The smallest absolute Gasteiger partial charge is 0.193 e. The summed E-state index contributed by atoms with van der Waals surface area (Å²) in [5, 5.41) is 5.60. The Bertz CT molecular complexity index is 490. The molecule has 1 saturated heterocycles. The molecule has 144 valence electrons. The fourth-order valence-corrected chi connectivity index (χ4v) is 3.94. The second kappa shape index (κ2) is 12.1. The predicted molar refractivity (Wildman–Crippen MR) is 121 cm³/mol. The molecule has 1 N–H and O–H groups in total. The third-order valence-corrected chi connectivity index (χ3v) is 5.69. The molecular formula is C19H35IN4S. The zero-order valence-electron chi connectivity index (χ0n) is 16.2. The normalized spacial score (nSPS) is 18.9. The number of guanidine groups is 1. The van der Waals surface area contributed by atoms with Crippen LogP contribution in [-0.4, -0.2) is 61.6 Å². The lowest BCUT2D eigenvalue weighted by Gasteiger charge is -2.35. The van der Waals surface area contributed by atoms with Gasteiger partial charge in [0, 0.05) is 44.1 Å². The molecule has 2 rings (SSSR count). The highest BCUT2D eigenvalue weighted by Gasteiger charge is 2.21. The first-order valence-electron chi connectivity index (χ1n) is 9.36. The van der Waals surface area contributed by atoms with Crippen LogP contribution in [0.1, 0.15) is 38.5 Å². The van der Waals surface area contributed by atoms with Crippen LogP contribution in [0.5, 0.6) is 0 Å². The highest BCUT2D eigenvalue weighted by Crippen LogP contribution is 2.18. The maximum absolute atomic E-state index is 4.94. The number of rotatable bonds is 7. The zero-order valence-corrected chi connectivity index (χ0v) is 19.3. The van der Waals surface area contributed by atoms with Crippen molar-refractivity contribution in [2.75, 3.05) is 39.8 Å². The van der Waals surface area contributed by atoms with Crippen LogP contribution in [0.3, 0.4) is 0 Å². The van der Waals surface area contributed by atoms with Crippen LogP contribution >= 0.6 is 35.3 Å². The average molecular weight is 478 g/mol. The molecule has 6 heteroatoms. The van der Waals surface area contributed by atoms with Crippen molar-refractivity contribution in [2.45, 2.75) is 46.1 Å². The molecule has 0 aliphatic carbocycles. The van der Waals surface area contributed by atoms with E-state index in [4.69, 9.17) is 4.99 Å². The van der Waals surface area contributed by atoms with Crippen molar-refractivity contribution in [2.24, 2.45) is 10.9 Å². The first-order valence-corrected chi connectivity index (χ1v) is 10.2. The lowest BCUT2D eigenvalue weighted by atomic mass is 9.97. The zero-order chi connectivity index (χ0) is 17.4. The molecule has 2 heterocycles. The maximum Gasteiger partial charge on any atom is 0.193 e. The Hall–Kier alpha value is -0.340. The highest BCUT2D eigenvalue weighted by atomic mass is 127. The number of hydrogen-bond donors (Lipinski definition) is 1. The van der Waals surface area contributed by atoms with E-state index in [1.165, 1.54) is 30.8 Å². The Morgan fingerprint density at radius 2 is 2.28 bits per heavy atom. The Labute approximate surface area is 175 Å². The van der Waals surface area contributed by atoms with Gasteiger partial charge in [0.05, 0.1) is 0 Å². The first kappa shape index (κ1) is 22.7. The molecule has 1 aliphatic heterocycles. The number of piperidine rings is 1. The summed E-state index contributed by atoms with van der Waals surface area (Å²) in [6, 6.07) is 4.99.